The Morgan fingerprint density at radius 1 is 0.812 bits per heavy atom. The van der Waals surface area contributed by atoms with Gasteiger partial charge in [-0.05, 0) is 23.8 Å². The van der Waals surface area contributed by atoms with Crippen molar-refractivity contribution in [1.29, 1.82) is 0 Å². The van der Waals surface area contributed by atoms with Crippen molar-refractivity contribution >= 4 is 11.9 Å². The highest BCUT2D eigenvalue weighted by atomic mass is 16.5. The van der Waals surface area contributed by atoms with Crippen LogP contribution in [-0.4, -0.2) is 79.5 Å². The summed E-state index contributed by atoms with van der Waals surface area (Å²) in [6, 6.07) is 14.4. The molecule has 0 saturated carbocycles. The number of nitrogens with zero attached hydrogens (tertiary/aromatic N) is 2. The van der Waals surface area contributed by atoms with Crippen LogP contribution in [0.1, 0.15) is 11.1 Å². The van der Waals surface area contributed by atoms with Gasteiger partial charge in [-0.15, -0.1) is 0 Å². The van der Waals surface area contributed by atoms with Gasteiger partial charge in [0.2, 0.25) is 0 Å². The predicted octanol–water partition coefficient (Wildman–Crippen LogP) is 2.19. The average molecular weight is 447 g/mol. The Kier molecular flexibility index (Phi) is 9.77. The third-order valence-electron chi connectivity index (χ3n) is 5.07. The molecular weight excluding hydrogens is 416 g/mol. The highest BCUT2D eigenvalue weighted by Crippen LogP contribution is 2.31. The molecule has 174 valence electrons. The zero-order chi connectivity index (χ0) is 23.5. The number of carboxylic acids is 2. The van der Waals surface area contributed by atoms with Gasteiger partial charge < -0.3 is 24.4 Å². The summed E-state index contributed by atoms with van der Waals surface area (Å²) in [5, 5.41) is 14.8. The van der Waals surface area contributed by atoms with Crippen LogP contribution in [0.2, 0.25) is 0 Å². The topological polar surface area (TPSA) is 109 Å². The van der Waals surface area contributed by atoms with Gasteiger partial charge in [-0.2, -0.15) is 0 Å². The molecular formula is C23H30N2O7. The van der Waals surface area contributed by atoms with Crippen LogP contribution in [-0.2, 0) is 22.7 Å². The lowest BCUT2D eigenvalue weighted by atomic mass is 10.1. The Morgan fingerprint density at radius 2 is 1.41 bits per heavy atom. The van der Waals surface area contributed by atoms with E-state index in [4.69, 9.17) is 34.0 Å². The molecule has 0 bridgehead atoms. The van der Waals surface area contributed by atoms with Gasteiger partial charge in [0.1, 0.15) is 5.75 Å². The number of para-hydroxylation sites is 1. The fourth-order valence-electron chi connectivity index (χ4n) is 3.45. The molecule has 32 heavy (non-hydrogen) atoms. The minimum atomic E-state index is -1.82. The lowest BCUT2D eigenvalue weighted by molar-refractivity contribution is -0.159. The number of carbonyl (C=O) groups is 2. The van der Waals surface area contributed by atoms with Gasteiger partial charge in [-0.25, -0.2) is 9.59 Å². The van der Waals surface area contributed by atoms with Crippen LogP contribution in [0, 0.1) is 0 Å². The number of methoxy groups -OCH3 is 3. The van der Waals surface area contributed by atoms with Crippen LogP contribution in [0.15, 0.2) is 42.5 Å². The second kappa shape index (κ2) is 12.5. The summed E-state index contributed by atoms with van der Waals surface area (Å²) in [4.78, 5) is 23.2. The molecule has 1 heterocycles. The molecule has 1 aliphatic rings. The van der Waals surface area contributed by atoms with Gasteiger partial charge in [-0.1, -0.05) is 24.3 Å². The number of rotatable bonds is 7. The number of hydrogen-bond acceptors (Lipinski definition) is 7. The van der Waals surface area contributed by atoms with Crippen LogP contribution < -0.4 is 14.2 Å². The molecule has 0 atom stereocenters. The van der Waals surface area contributed by atoms with Crippen molar-refractivity contribution in [3.8, 4) is 17.2 Å². The smallest absolute Gasteiger partial charge is 0.414 e. The molecule has 1 saturated heterocycles. The van der Waals surface area contributed by atoms with E-state index in [-0.39, 0.29) is 0 Å². The van der Waals surface area contributed by atoms with Crippen LogP contribution in [0.25, 0.3) is 0 Å². The maximum Gasteiger partial charge on any atom is 0.414 e. The van der Waals surface area contributed by atoms with E-state index in [1.807, 2.05) is 18.2 Å². The molecule has 2 aromatic rings. The Balaban J connectivity index is 0.000000534. The lowest BCUT2D eigenvalue weighted by Crippen LogP contribution is -2.45. The Hall–Kier alpha value is -3.30. The minimum absolute atomic E-state index is 0.793. The van der Waals surface area contributed by atoms with Crippen LogP contribution in [0.4, 0.5) is 0 Å². The highest BCUT2D eigenvalue weighted by molar-refractivity contribution is 6.27. The van der Waals surface area contributed by atoms with Crippen molar-refractivity contribution in [3.63, 3.8) is 0 Å². The summed E-state index contributed by atoms with van der Waals surface area (Å²) in [5.74, 6) is -1.09. The maximum absolute atomic E-state index is 9.10. The number of benzene rings is 2. The summed E-state index contributed by atoms with van der Waals surface area (Å²) >= 11 is 0. The maximum atomic E-state index is 9.10. The SMILES string of the molecule is COc1cccc(CN2CCN(Cc3cccc(OC)c3OC)CC2)c1.O=C(O)C(=O)O. The normalized spacial score (nSPS) is 14.1. The summed E-state index contributed by atoms with van der Waals surface area (Å²) in [5.41, 5.74) is 2.47. The van der Waals surface area contributed by atoms with Crippen LogP contribution in [0.3, 0.4) is 0 Å². The Morgan fingerprint density at radius 3 is 1.94 bits per heavy atom. The summed E-state index contributed by atoms with van der Waals surface area (Å²) in [7, 11) is 5.09. The number of carboxylic acid groups (broad SMARTS) is 2. The first-order valence-corrected chi connectivity index (χ1v) is 10.1. The molecule has 0 amide bonds. The van der Waals surface area contributed by atoms with Crippen LogP contribution in [0.5, 0.6) is 17.2 Å². The first-order valence-electron chi connectivity index (χ1n) is 10.1. The van der Waals surface area contributed by atoms with E-state index < -0.39 is 11.9 Å². The van der Waals surface area contributed by atoms with E-state index in [9.17, 15) is 0 Å². The fourth-order valence-corrected chi connectivity index (χ4v) is 3.45. The predicted molar refractivity (Wildman–Crippen MR) is 118 cm³/mol. The number of ether oxygens (including phenoxy) is 3. The third kappa shape index (κ3) is 7.44. The zero-order valence-corrected chi connectivity index (χ0v) is 18.6. The molecule has 0 radical (unpaired) electrons. The first kappa shape index (κ1) is 25.0. The molecule has 2 N–H and O–H groups in total. The number of hydrogen-bond donors (Lipinski definition) is 2. The number of piperazine rings is 1. The molecule has 0 aliphatic carbocycles. The molecule has 0 unspecified atom stereocenters. The standard InChI is InChI=1S/C21H28N2O3.C2H2O4/c1-24-19-8-4-6-17(14-19)15-22-10-12-23(13-11-22)16-18-7-5-9-20(25-2)21(18)26-3;3-1(4)2(5)6/h4-9,14H,10-13,15-16H2,1-3H3;(H,3,4)(H,5,6). The fraction of sp³-hybridized carbons (Fsp3) is 0.391. The minimum Gasteiger partial charge on any atom is -0.497 e. The largest absolute Gasteiger partial charge is 0.497 e. The Labute approximate surface area is 187 Å². The highest BCUT2D eigenvalue weighted by Gasteiger charge is 2.19. The second-order valence-electron chi connectivity index (χ2n) is 7.17. The monoisotopic (exact) mass is 446 g/mol. The van der Waals surface area contributed by atoms with E-state index in [0.29, 0.717) is 0 Å². The van der Waals surface area contributed by atoms with E-state index in [0.717, 1.165) is 56.5 Å². The van der Waals surface area contributed by atoms with Crippen LogP contribution >= 0.6 is 0 Å². The van der Waals surface area contributed by atoms with E-state index >= 15 is 0 Å². The van der Waals surface area contributed by atoms with E-state index in [2.05, 4.69) is 34.1 Å². The van der Waals surface area contributed by atoms with Crippen molar-refractivity contribution in [3.05, 3.63) is 53.6 Å². The average Bonchev–Trinajstić information content (AvgIpc) is 2.80. The van der Waals surface area contributed by atoms with Gasteiger partial charge in [0.15, 0.2) is 11.5 Å². The molecule has 3 rings (SSSR count). The quantitative estimate of drug-likeness (QED) is 0.619. The molecule has 1 fully saturated rings. The van der Waals surface area contributed by atoms with Crippen molar-refractivity contribution < 1.29 is 34.0 Å². The van der Waals surface area contributed by atoms with Gasteiger partial charge in [0, 0.05) is 44.8 Å². The molecule has 0 aromatic heterocycles. The first-order chi connectivity index (χ1) is 15.4. The summed E-state index contributed by atoms with van der Waals surface area (Å²) in [6.45, 7) is 6.06. The molecule has 9 nitrogen and oxygen atoms in total. The van der Waals surface area contributed by atoms with Gasteiger partial charge in [-0.3, -0.25) is 9.80 Å². The van der Waals surface area contributed by atoms with Crippen molar-refractivity contribution in [1.82, 2.24) is 9.80 Å². The van der Waals surface area contributed by atoms with Crippen molar-refractivity contribution in [2.45, 2.75) is 13.1 Å². The van der Waals surface area contributed by atoms with E-state index in [1.54, 1.807) is 21.3 Å². The van der Waals surface area contributed by atoms with Crippen molar-refractivity contribution in [2.75, 3.05) is 47.5 Å². The molecule has 9 heteroatoms. The zero-order valence-electron chi connectivity index (χ0n) is 18.6. The molecule has 1 aliphatic heterocycles. The third-order valence-corrected chi connectivity index (χ3v) is 5.07. The molecule has 2 aromatic carbocycles. The summed E-state index contributed by atoms with van der Waals surface area (Å²) < 4.78 is 16.3. The Bertz CT molecular complexity index is 884. The summed E-state index contributed by atoms with van der Waals surface area (Å²) in [6.07, 6.45) is 0. The van der Waals surface area contributed by atoms with Crippen molar-refractivity contribution in [2.24, 2.45) is 0 Å². The molecule has 0 spiro atoms. The lowest BCUT2D eigenvalue weighted by Gasteiger charge is -2.35. The van der Waals surface area contributed by atoms with Gasteiger partial charge >= 0.3 is 11.9 Å². The van der Waals surface area contributed by atoms with E-state index in [1.165, 1.54) is 11.1 Å². The van der Waals surface area contributed by atoms with Gasteiger partial charge in [0.25, 0.3) is 0 Å². The second-order valence-corrected chi connectivity index (χ2v) is 7.17. The van der Waals surface area contributed by atoms with Gasteiger partial charge in [0.05, 0.1) is 21.3 Å². The number of aliphatic carboxylic acids is 2.